The van der Waals surface area contributed by atoms with Crippen molar-refractivity contribution in [1.29, 1.82) is 0 Å². The van der Waals surface area contributed by atoms with Crippen LogP contribution in [0, 0.1) is 0 Å². The first-order chi connectivity index (χ1) is 22.2. The van der Waals surface area contributed by atoms with Crippen molar-refractivity contribution in [1.82, 2.24) is 0 Å². The molecule has 1 aromatic heterocycles. The highest BCUT2D eigenvalue weighted by molar-refractivity contribution is 6.75. The van der Waals surface area contributed by atoms with Gasteiger partial charge in [0.15, 0.2) is 0 Å². The van der Waals surface area contributed by atoms with Gasteiger partial charge in [0.05, 0.1) is 25.9 Å². The molecule has 1 unspecified atom stereocenters. The fraction of sp³-hybridized carbons (Fsp3) is 0.553. The third kappa shape index (κ3) is 9.41. The van der Waals surface area contributed by atoms with Gasteiger partial charge in [0.2, 0.25) is 8.32 Å². The Morgan fingerprint density at radius 1 is 0.917 bits per heavy atom. The van der Waals surface area contributed by atoms with Gasteiger partial charge >= 0.3 is 5.63 Å². The standard InChI is InChI=1S/C38H56O8Si2/c1-25(39)20-33-35(44-33)31(42-24-26-16-18-28(41-8)19-17-26)15-13-14-29-21-27-22-30(45-47(9,10)37(2,3)4)23-32(34(27)36(40)43-29)46-48(11,12)38(5,6)7/h13,15-19,21-23,25,31,33,35,39H,14,20,24H2,1-12H3/b15-13+/t25-,31?,33+,35+/m0/s1. The van der Waals surface area contributed by atoms with E-state index in [2.05, 4.69) is 67.7 Å². The van der Waals surface area contributed by atoms with E-state index in [1.165, 1.54) is 0 Å². The van der Waals surface area contributed by atoms with Crippen LogP contribution < -0.4 is 19.2 Å². The Morgan fingerprint density at radius 2 is 1.54 bits per heavy atom. The molecule has 0 radical (unpaired) electrons. The van der Waals surface area contributed by atoms with E-state index >= 15 is 0 Å². The summed E-state index contributed by atoms with van der Waals surface area (Å²) in [6.07, 6.45) is 3.80. The maximum atomic E-state index is 13.6. The lowest BCUT2D eigenvalue weighted by atomic mass is 10.1. The molecule has 1 fully saturated rings. The van der Waals surface area contributed by atoms with Crippen LogP contribution in [0.25, 0.3) is 10.8 Å². The molecule has 0 saturated carbocycles. The molecule has 1 aliphatic rings. The van der Waals surface area contributed by atoms with Gasteiger partial charge < -0.3 is 32.6 Å². The molecule has 3 aromatic rings. The van der Waals surface area contributed by atoms with Crippen molar-refractivity contribution in [2.45, 2.75) is 129 Å². The number of hydrogen-bond acceptors (Lipinski definition) is 8. The Balaban J connectivity index is 1.63. The maximum Gasteiger partial charge on any atom is 0.347 e. The van der Waals surface area contributed by atoms with Gasteiger partial charge in [-0.2, -0.15) is 0 Å². The Morgan fingerprint density at radius 3 is 2.12 bits per heavy atom. The van der Waals surface area contributed by atoms with E-state index in [1.54, 1.807) is 14.0 Å². The van der Waals surface area contributed by atoms with Crippen molar-refractivity contribution in [3.8, 4) is 17.2 Å². The number of aliphatic hydroxyl groups excluding tert-OH is 1. The van der Waals surface area contributed by atoms with E-state index in [9.17, 15) is 9.90 Å². The summed E-state index contributed by atoms with van der Waals surface area (Å²) in [5, 5.41) is 11.0. The van der Waals surface area contributed by atoms with Crippen LogP contribution in [-0.2, 0) is 22.5 Å². The third-order valence-corrected chi connectivity index (χ3v) is 18.7. The fourth-order valence-electron chi connectivity index (χ4n) is 4.90. The predicted octanol–water partition coefficient (Wildman–Crippen LogP) is 8.79. The number of hydrogen-bond donors (Lipinski definition) is 1. The van der Waals surface area contributed by atoms with Crippen molar-refractivity contribution in [3.05, 3.63) is 76.4 Å². The Labute approximate surface area is 288 Å². The molecular formula is C38H56O8Si2. The number of rotatable bonds is 14. The Kier molecular flexibility index (Phi) is 11.5. The summed E-state index contributed by atoms with van der Waals surface area (Å²) in [4.78, 5) is 13.6. The molecule has 1 saturated heterocycles. The molecule has 4 atom stereocenters. The topological polar surface area (TPSA) is 99.9 Å². The van der Waals surface area contributed by atoms with Gasteiger partial charge in [-0.3, -0.25) is 0 Å². The van der Waals surface area contributed by atoms with Crippen molar-refractivity contribution in [2.24, 2.45) is 0 Å². The molecule has 2 aromatic carbocycles. The van der Waals surface area contributed by atoms with Crippen LogP contribution in [0.5, 0.6) is 17.2 Å². The monoisotopic (exact) mass is 696 g/mol. The third-order valence-electron chi connectivity index (χ3n) is 9.97. The zero-order valence-electron chi connectivity index (χ0n) is 30.9. The van der Waals surface area contributed by atoms with E-state index in [1.807, 2.05) is 54.6 Å². The van der Waals surface area contributed by atoms with Gasteiger partial charge in [-0.05, 0) is 78.4 Å². The van der Waals surface area contributed by atoms with Crippen molar-refractivity contribution < 1.29 is 32.6 Å². The summed E-state index contributed by atoms with van der Waals surface area (Å²) in [6.45, 7) is 24.1. The molecule has 264 valence electrons. The number of fused-ring (bicyclic) bond motifs is 1. The van der Waals surface area contributed by atoms with E-state index in [4.69, 9.17) is 27.5 Å². The molecule has 4 rings (SSSR count). The molecule has 0 spiro atoms. The summed E-state index contributed by atoms with van der Waals surface area (Å²) >= 11 is 0. The summed E-state index contributed by atoms with van der Waals surface area (Å²) < 4.78 is 36.8. The van der Waals surface area contributed by atoms with Crippen molar-refractivity contribution in [3.63, 3.8) is 0 Å². The molecule has 0 bridgehead atoms. The average Bonchev–Trinajstić information content (AvgIpc) is 3.71. The molecule has 1 aliphatic heterocycles. The minimum Gasteiger partial charge on any atom is -0.543 e. The van der Waals surface area contributed by atoms with Crippen LogP contribution in [0.4, 0.5) is 0 Å². The lowest BCUT2D eigenvalue weighted by Crippen LogP contribution is -2.44. The zero-order chi connectivity index (χ0) is 35.7. The van der Waals surface area contributed by atoms with Crippen LogP contribution >= 0.6 is 0 Å². The quantitative estimate of drug-likeness (QED) is 0.101. The molecule has 1 N–H and O–H groups in total. The first-order valence-corrected chi connectivity index (χ1v) is 22.8. The van der Waals surface area contributed by atoms with Gasteiger partial charge in [0.1, 0.15) is 40.6 Å². The second-order valence-corrected chi connectivity index (χ2v) is 25.5. The summed E-state index contributed by atoms with van der Waals surface area (Å²) in [5.74, 6) is 2.53. The first kappa shape index (κ1) is 37.9. The highest BCUT2D eigenvalue weighted by Crippen LogP contribution is 2.42. The van der Waals surface area contributed by atoms with Gasteiger partial charge in [0, 0.05) is 18.9 Å². The van der Waals surface area contributed by atoms with Crippen LogP contribution in [0.3, 0.4) is 0 Å². The lowest BCUT2D eigenvalue weighted by molar-refractivity contribution is 0.0524. The van der Waals surface area contributed by atoms with Gasteiger partial charge in [-0.25, -0.2) is 4.79 Å². The number of ether oxygens (including phenoxy) is 3. The summed E-state index contributed by atoms with van der Waals surface area (Å²) in [7, 11) is -2.83. The zero-order valence-corrected chi connectivity index (χ0v) is 32.9. The SMILES string of the molecule is COc1ccc(COC(/C=C/Cc2cc3cc(O[Si](C)(C)C(C)(C)C)cc(O[Si](C)(C)C(C)(C)C)c3c(=O)o2)[C@H]2O[C@@H]2C[C@H](C)O)cc1. The van der Waals surface area contributed by atoms with Gasteiger partial charge in [-0.1, -0.05) is 65.8 Å². The minimum absolute atomic E-state index is 0.000433. The van der Waals surface area contributed by atoms with Crippen molar-refractivity contribution in [2.75, 3.05) is 7.11 Å². The van der Waals surface area contributed by atoms with E-state index in [0.29, 0.717) is 42.1 Å². The molecule has 10 heteroatoms. The van der Waals surface area contributed by atoms with Crippen molar-refractivity contribution >= 4 is 27.4 Å². The summed E-state index contributed by atoms with van der Waals surface area (Å²) in [6, 6.07) is 13.5. The highest BCUT2D eigenvalue weighted by atomic mass is 28.4. The molecule has 0 amide bonds. The highest BCUT2D eigenvalue weighted by Gasteiger charge is 2.45. The second kappa shape index (κ2) is 14.5. The van der Waals surface area contributed by atoms with Crippen LogP contribution in [0.1, 0.15) is 66.2 Å². The van der Waals surface area contributed by atoms with Crippen LogP contribution in [-0.4, -0.2) is 53.3 Å². The van der Waals surface area contributed by atoms with Gasteiger partial charge in [0.25, 0.3) is 8.32 Å². The molecule has 2 heterocycles. The number of allylic oxidation sites excluding steroid dienone is 1. The average molecular weight is 697 g/mol. The summed E-state index contributed by atoms with van der Waals surface area (Å²) in [5.41, 5.74) is 0.576. The largest absolute Gasteiger partial charge is 0.543 e. The molecule has 48 heavy (non-hydrogen) atoms. The fourth-order valence-corrected chi connectivity index (χ4v) is 6.93. The smallest absolute Gasteiger partial charge is 0.347 e. The second-order valence-electron chi connectivity index (χ2n) is 16.1. The number of epoxide rings is 1. The molecule has 8 nitrogen and oxygen atoms in total. The number of benzene rings is 2. The normalized spacial score (nSPS) is 18.6. The predicted molar refractivity (Wildman–Crippen MR) is 198 cm³/mol. The van der Waals surface area contributed by atoms with Gasteiger partial charge in [-0.15, -0.1) is 0 Å². The van der Waals surface area contributed by atoms with E-state index in [-0.39, 0.29) is 28.4 Å². The lowest BCUT2D eigenvalue weighted by Gasteiger charge is -2.38. The Bertz CT molecular complexity index is 1630. The number of methoxy groups -OCH3 is 1. The Hall–Kier alpha value is -2.90. The van der Waals surface area contributed by atoms with Crippen LogP contribution in [0.15, 0.2) is 63.8 Å². The first-order valence-electron chi connectivity index (χ1n) is 16.9. The van der Waals surface area contributed by atoms with E-state index < -0.39 is 28.4 Å². The van der Waals surface area contributed by atoms with E-state index in [0.717, 1.165) is 16.7 Å². The number of aliphatic hydroxyl groups is 1. The maximum absolute atomic E-state index is 13.6. The van der Waals surface area contributed by atoms with Crippen LogP contribution in [0.2, 0.25) is 36.3 Å². The minimum atomic E-state index is -2.29. The molecular weight excluding hydrogens is 641 g/mol. The molecule has 0 aliphatic carbocycles.